The number of nitrogens with zero attached hydrogens (tertiary/aromatic N) is 2. The zero-order chi connectivity index (χ0) is 19.3. The molecule has 2 aliphatic rings. The Labute approximate surface area is 167 Å². The third-order valence-electron chi connectivity index (χ3n) is 6.23. The second kappa shape index (κ2) is 8.78. The number of carboxylic acids is 1. The number of hydrogen-bond acceptors (Lipinski definition) is 3. The first kappa shape index (κ1) is 19.0. The van der Waals surface area contributed by atoms with Gasteiger partial charge in [-0.2, -0.15) is 0 Å². The number of hydrogen-bond donors (Lipinski definition) is 1. The van der Waals surface area contributed by atoms with Gasteiger partial charge in [-0.25, -0.2) is 0 Å². The number of carboxylic acid groups (broad SMARTS) is 1. The van der Waals surface area contributed by atoms with E-state index >= 15 is 0 Å². The van der Waals surface area contributed by atoms with Crippen LogP contribution in [0.4, 0.5) is 5.69 Å². The van der Waals surface area contributed by atoms with Crippen molar-refractivity contribution in [3.8, 4) is 0 Å². The molecule has 4 heteroatoms. The van der Waals surface area contributed by atoms with E-state index in [1.807, 2.05) is 0 Å². The smallest absolute Gasteiger partial charge is 0.307 e. The number of piperidine rings is 1. The number of aliphatic carboxylic acids is 1. The molecule has 2 heterocycles. The predicted molar refractivity (Wildman–Crippen MR) is 113 cm³/mol. The van der Waals surface area contributed by atoms with Gasteiger partial charge in [0, 0.05) is 25.3 Å². The van der Waals surface area contributed by atoms with Crippen LogP contribution < -0.4 is 4.90 Å². The molecule has 0 spiro atoms. The summed E-state index contributed by atoms with van der Waals surface area (Å²) in [4.78, 5) is 16.2. The van der Waals surface area contributed by atoms with Gasteiger partial charge in [-0.3, -0.25) is 4.79 Å². The van der Waals surface area contributed by atoms with E-state index < -0.39 is 5.97 Å². The van der Waals surface area contributed by atoms with E-state index in [0.29, 0.717) is 6.54 Å². The minimum atomic E-state index is -0.640. The Kier molecular flexibility index (Phi) is 5.96. The maximum absolute atomic E-state index is 11.3. The molecule has 148 valence electrons. The lowest BCUT2D eigenvalue weighted by Crippen LogP contribution is -2.40. The summed E-state index contributed by atoms with van der Waals surface area (Å²) in [6.07, 6.45) is 5.06. The van der Waals surface area contributed by atoms with Crippen molar-refractivity contribution in [3.63, 3.8) is 0 Å². The molecule has 1 N–H and O–H groups in total. The van der Waals surface area contributed by atoms with Gasteiger partial charge in [-0.1, -0.05) is 42.5 Å². The average molecular weight is 379 g/mol. The summed E-state index contributed by atoms with van der Waals surface area (Å²) in [7, 11) is 0. The number of anilines is 1. The van der Waals surface area contributed by atoms with E-state index in [1.165, 1.54) is 22.4 Å². The molecule has 0 saturated carbocycles. The second-order valence-corrected chi connectivity index (χ2v) is 8.15. The minimum Gasteiger partial charge on any atom is -0.481 e. The molecule has 1 unspecified atom stereocenters. The Bertz CT molecular complexity index is 820. The first-order chi connectivity index (χ1) is 13.7. The molecule has 28 heavy (non-hydrogen) atoms. The molecule has 4 nitrogen and oxygen atoms in total. The van der Waals surface area contributed by atoms with Crippen LogP contribution in [0, 0.1) is 5.92 Å². The topological polar surface area (TPSA) is 43.8 Å². The molecule has 1 atom stereocenters. The summed E-state index contributed by atoms with van der Waals surface area (Å²) in [5, 5.41) is 9.31. The van der Waals surface area contributed by atoms with Crippen molar-refractivity contribution in [2.45, 2.75) is 38.6 Å². The minimum absolute atomic E-state index is 0.192. The van der Waals surface area contributed by atoms with E-state index in [0.717, 1.165) is 58.3 Å². The van der Waals surface area contributed by atoms with Gasteiger partial charge in [-0.15, -0.1) is 0 Å². The van der Waals surface area contributed by atoms with Gasteiger partial charge < -0.3 is 14.9 Å². The highest BCUT2D eigenvalue weighted by Crippen LogP contribution is 2.28. The Hall–Kier alpha value is -2.33. The van der Waals surface area contributed by atoms with Crippen LogP contribution in [0.5, 0.6) is 0 Å². The van der Waals surface area contributed by atoms with Crippen LogP contribution in [-0.4, -0.2) is 42.2 Å². The molecular formula is C24H30N2O2. The molecule has 4 rings (SSSR count). The maximum atomic E-state index is 11.3. The fourth-order valence-electron chi connectivity index (χ4n) is 4.69. The van der Waals surface area contributed by atoms with Crippen molar-refractivity contribution >= 4 is 11.7 Å². The van der Waals surface area contributed by atoms with Crippen LogP contribution in [0.1, 0.15) is 36.0 Å². The van der Waals surface area contributed by atoms with E-state index in [-0.39, 0.29) is 5.92 Å². The molecule has 1 fully saturated rings. The third-order valence-corrected chi connectivity index (χ3v) is 6.23. The normalized spacial score (nSPS) is 20.0. The van der Waals surface area contributed by atoms with Gasteiger partial charge in [0.25, 0.3) is 0 Å². The summed E-state index contributed by atoms with van der Waals surface area (Å²) in [6, 6.07) is 17.6. The van der Waals surface area contributed by atoms with Crippen LogP contribution in [0.2, 0.25) is 0 Å². The van der Waals surface area contributed by atoms with Crippen LogP contribution in [0.15, 0.2) is 48.5 Å². The molecule has 2 aromatic rings. The Morgan fingerprint density at radius 1 is 0.964 bits per heavy atom. The zero-order valence-corrected chi connectivity index (χ0v) is 16.5. The molecule has 0 bridgehead atoms. The molecule has 0 aliphatic carbocycles. The van der Waals surface area contributed by atoms with E-state index in [9.17, 15) is 9.90 Å². The van der Waals surface area contributed by atoms with Crippen LogP contribution in [0.3, 0.4) is 0 Å². The molecule has 2 aliphatic heterocycles. The highest BCUT2D eigenvalue weighted by molar-refractivity contribution is 5.70. The van der Waals surface area contributed by atoms with Gasteiger partial charge in [0.05, 0.1) is 5.92 Å². The van der Waals surface area contributed by atoms with Gasteiger partial charge in [0.1, 0.15) is 0 Å². The summed E-state index contributed by atoms with van der Waals surface area (Å²) >= 11 is 0. The quantitative estimate of drug-likeness (QED) is 0.855. The molecular weight excluding hydrogens is 348 g/mol. The third kappa shape index (κ3) is 4.39. The first-order valence-electron chi connectivity index (χ1n) is 10.6. The Morgan fingerprint density at radius 2 is 1.68 bits per heavy atom. The number of fused-ring (bicyclic) bond motifs is 2. The van der Waals surface area contributed by atoms with Gasteiger partial charge >= 0.3 is 5.97 Å². The number of benzene rings is 2. The molecule has 2 aromatic carbocycles. The summed E-state index contributed by atoms with van der Waals surface area (Å²) in [5.74, 6) is -0.831. The van der Waals surface area contributed by atoms with Crippen molar-refractivity contribution in [1.82, 2.24) is 4.90 Å². The second-order valence-electron chi connectivity index (χ2n) is 8.15. The highest BCUT2D eigenvalue weighted by Gasteiger charge is 2.25. The largest absolute Gasteiger partial charge is 0.481 e. The van der Waals surface area contributed by atoms with Gasteiger partial charge in [-0.05, 0) is 68.0 Å². The SMILES string of the molecule is O=C(O)C1CCCN(CCCN2Cc3ccccc3CCc3ccccc32)C1. The maximum Gasteiger partial charge on any atom is 0.307 e. The Morgan fingerprint density at radius 3 is 2.50 bits per heavy atom. The van der Waals surface area contributed by atoms with Crippen LogP contribution in [-0.2, 0) is 24.2 Å². The number of carbonyl (C=O) groups is 1. The van der Waals surface area contributed by atoms with Gasteiger partial charge in [0.2, 0.25) is 0 Å². The number of likely N-dealkylation sites (tertiary alicyclic amines) is 1. The van der Waals surface area contributed by atoms with Crippen molar-refractivity contribution in [3.05, 3.63) is 65.2 Å². The molecule has 0 aromatic heterocycles. The van der Waals surface area contributed by atoms with Gasteiger partial charge in [0.15, 0.2) is 0 Å². The first-order valence-corrected chi connectivity index (χ1v) is 10.6. The van der Waals surface area contributed by atoms with Crippen molar-refractivity contribution < 1.29 is 9.90 Å². The molecule has 0 amide bonds. The number of rotatable bonds is 5. The number of para-hydroxylation sites is 1. The fraction of sp³-hybridized carbons (Fsp3) is 0.458. The molecule has 1 saturated heterocycles. The highest BCUT2D eigenvalue weighted by atomic mass is 16.4. The lowest BCUT2D eigenvalue weighted by Gasteiger charge is -2.33. The fourth-order valence-corrected chi connectivity index (χ4v) is 4.69. The van der Waals surface area contributed by atoms with Crippen molar-refractivity contribution in [1.29, 1.82) is 0 Å². The Balaban J connectivity index is 1.44. The van der Waals surface area contributed by atoms with E-state index in [1.54, 1.807) is 0 Å². The summed E-state index contributed by atoms with van der Waals surface area (Å²) < 4.78 is 0. The van der Waals surface area contributed by atoms with Crippen LogP contribution in [0.25, 0.3) is 0 Å². The number of aryl methyl sites for hydroxylation is 2. The predicted octanol–water partition coefficient (Wildman–Crippen LogP) is 3.98. The lowest BCUT2D eigenvalue weighted by atomic mass is 9.95. The lowest BCUT2D eigenvalue weighted by molar-refractivity contribution is -0.143. The summed E-state index contributed by atoms with van der Waals surface area (Å²) in [5.41, 5.74) is 5.68. The molecule has 0 radical (unpaired) electrons. The zero-order valence-electron chi connectivity index (χ0n) is 16.5. The van der Waals surface area contributed by atoms with Crippen molar-refractivity contribution in [2.75, 3.05) is 31.1 Å². The van der Waals surface area contributed by atoms with E-state index in [2.05, 4.69) is 58.3 Å². The standard InChI is InChI=1S/C24H30N2O2/c27-24(28)22-10-5-14-25(17-22)15-6-16-26-18-21-9-2-1-7-19(21)12-13-20-8-3-4-11-23(20)26/h1-4,7-9,11,22H,5-6,10,12-18H2,(H,27,28). The summed E-state index contributed by atoms with van der Waals surface area (Å²) in [6.45, 7) is 4.66. The van der Waals surface area contributed by atoms with Crippen LogP contribution >= 0.6 is 0 Å². The van der Waals surface area contributed by atoms with E-state index in [4.69, 9.17) is 0 Å². The van der Waals surface area contributed by atoms with Crippen molar-refractivity contribution in [2.24, 2.45) is 5.92 Å². The average Bonchev–Trinajstić information content (AvgIpc) is 2.71. The monoisotopic (exact) mass is 378 g/mol.